The highest BCUT2D eigenvalue weighted by molar-refractivity contribution is 5.89. The first-order chi connectivity index (χ1) is 13.9. The molecule has 4 N–H and O–H groups in total. The second-order valence-electron chi connectivity index (χ2n) is 6.56. The molecular weight excluding hydrogens is 376 g/mol. The van der Waals surface area contributed by atoms with E-state index in [1.807, 2.05) is 19.1 Å². The van der Waals surface area contributed by atoms with Gasteiger partial charge in [0.05, 0.1) is 24.0 Å². The first-order valence-corrected chi connectivity index (χ1v) is 8.61. The molecule has 9 heteroatoms. The molecule has 0 aliphatic heterocycles. The van der Waals surface area contributed by atoms with Crippen LogP contribution in [-0.4, -0.2) is 19.5 Å². The van der Waals surface area contributed by atoms with Gasteiger partial charge in [-0.05, 0) is 36.2 Å². The van der Waals surface area contributed by atoms with Crippen LogP contribution in [0.25, 0.3) is 22.4 Å². The van der Waals surface area contributed by atoms with Crippen molar-refractivity contribution in [3.63, 3.8) is 0 Å². The van der Waals surface area contributed by atoms with Gasteiger partial charge in [-0.15, -0.1) is 0 Å². The third kappa shape index (κ3) is 3.10. The third-order valence-corrected chi connectivity index (χ3v) is 4.62. The van der Waals surface area contributed by atoms with Gasteiger partial charge in [0.15, 0.2) is 11.5 Å². The van der Waals surface area contributed by atoms with Crippen LogP contribution in [-0.2, 0) is 6.54 Å². The molecular formula is C20H15F2N7. The van der Waals surface area contributed by atoms with Gasteiger partial charge in [-0.25, -0.2) is 18.7 Å². The SMILES string of the molecule is Cc1cc(Cn2cnc3c(-c4c(F)ccc(C#N)c4F)nc(N)nc32)ccc1N. The Morgan fingerprint density at radius 1 is 1.14 bits per heavy atom. The summed E-state index contributed by atoms with van der Waals surface area (Å²) in [6, 6.07) is 9.37. The van der Waals surface area contributed by atoms with Crippen LogP contribution in [0, 0.1) is 29.9 Å². The standard InChI is InChI=1S/C20H15F2N7/c1-10-6-11(2-5-14(10)24)8-29-9-26-18-17(27-20(25)28-19(18)29)15-13(21)4-3-12(7-23)16(15)22/h2-6,9H,8,24H2,1H3,(H2,25,27,28). The maximum absolute atomic E-state index is 14.7. The Morgan fingerprint density at radius 3 is 2.66 bits per heavy atom. The lowest BCUT2D eigenvalue weighted by molar-refractivity contribution is 0.586. The summed E-state index contributed by atoms with van der Waals surface area (Å²) in [7, 11) is 0. The van der Waals surface area contributed by atoms with Crippen molar-refractivity contribution >= 4 is 22.8 Å². The Balaban J connectivity index is 1.89. The number of nitrogens with zero attached hydrogens (tertiary/aromatic N) is 5. The van der Waals surface area contributed by atoms with E-state index in [0.29, 0.717) is 17.9 Å². The summed E-state index contributed by atoms with van der Waals surface area (Å²) < 4.78 is 30.9. The van der Waals surface area contributed by atoms with Crippen LogP contribution in [0.3, 0.4) is 0 Å². The highest BCUT2D eigenvalue weighted by Gasteiger charge is 2.22. The van der Waals surface area contributed by atoms with E-state index in [9.17, 15) is 8.78 Å². The molecule has 29 heavy (non-hydrogen) atoms. The van der Waals surface area contributed by atoms with E-state index >= 15 is 0 Å². The average molecular weight is 391 g/mol. The minimum atomic E-state index is -1.02. The zero-order valence-corrected chi connectivity index (χ0v) is 15.3. The van der Waals surface area contributed by atoms with Crippen LogP contribution < -0.4 is 11.5 Å². The van der Waals surface area contributed by atoms with E-state index in [4.69, 9.17) is 16.7 Å². The van der Waals surface area contributed by atoms with Crippen molar-refractivity contribution in [2.75, 3.05) is 11.5 Å². The summed E-state index contributed by atoms with van der Waals surface area (Å²) in [5.41, 5.74) is 13.9. The van der Waals surface area contributed by atoms with Gasteiger partial charge in [0.25, 0.3) is 0 Å². The average Bonchev–Trinajstić information content (AvgIpc) is 3.07. The van der Waals surface area contributed by atoms with E-state index < -0.39 is 17.2 Å². The smallest absolute Gasteiger partial charge is 0.222 e. The summed E-state index contributed by atoms with van der Waals surface area (Å²) in [6.45, 7) is 2.30. The number of hydrogen-bond donors (Lipinski definition) is 2. The van der Waals surface area contributed by atoms with E-state index in [1.54, 1.807) is 16.7 Å². The predicted molar refractivity (Wildman–Crippen MR) is 104 cm³/mol. The monoisotopic (exact) mass is 391 g/mol. The second-order valence-corrected chi connectivity index (χ2v) is 6.56. The van der Waals surface area contributed by atoms with Crippen molar-refractivity contribution in [1.82, 2.24) is 19.5 Å². The molecule has 0 radical (unpaired) electrons. The molecule has 0 aliphatic carbocycles. The van der Waals surface area contributed by atoms with Gasteiger partial charge in [0.2, 0.25) is 5.95 Å². The molecule has 0 unspecified atom stereocenters. The predicted octanol–water partition coefficient (Wildman–Crippen LogP) is 3.16. The van der Waals surface area contributed by atoms with Gasteiger partial charge in [-0.1, -0.05) is 12.1 Å². The molecule has 4 aromatic rings. The van der Waals surface area contributed by atoms with Crippen LogP contribution >= 0.6 is 0 Å². The lowest BCUT2D eigenvalue weighted by Crippen LogP contribution is -2.05. The van der Waals surface area contributed by atoms with Gasteiger partial charge in [0, 0.05) is 5.69 Å². The third-order valence-electron chi connectivity index (χ3n) is 4.62. The highest BCUT2D eigenvalue weighted by atomic mass is 19.1. The minimum absolute atomic E-state index is 0.105. The number of benzene rings is 2. The van der Waals surface area contributed by atoms with Gasteiger partial charge >= 0.3 is 0 Å². The molecule has 0 amide bonds. The Labute approximate surface area is 164 Å². The molecule has 4 rings (SSSR count). The number of rotatable bonds is 3. The molecule has 144 valence electrons. The van der Waals surface area contributed by atoms with Crippen LogP contribution in [0.4, 0.5) is 20.4 Å². The second kappa shape index (κ2) is 6.83. The fourth-order valence-corrected chi connectivity index (χ4v) is 3.14. The van der Waals surface area contributed by atoms with E-state index in [2.05, 4.69) is 15.0 Å². The van der Waals surface area contributed by atoms with Crippen LogP contribution in [0.15, 0.2) is 36.7 Å². The molecule has 0 saturated carbocycles. The summed E-state index contributed by atoms with van der Waals surface area (Å²) >= 11 is 0. The number of nitrogens with two attached hydrogens (primary N) is 2. The Bertz CT molecular complexity index is 1300. The van der Waals surface area contributed by atoms with E-state index in [-0.39, 0.29) is 22.7 Å². The summed E-state index contributed by atoms with van der Waals surface area (Å²) in [5.74, 6) is -2.05. The number of fused-ring (bicyclic) bond motifs is 1. The number of nitrogen functional groups attached to an aromatic ring is 2. The number of anilines is 2. The van der Waals surface area contributed by atoms with Crippen LogP contribution in [0.1, 0.15) is 16.7 Å². The maximum Gasteiger partial charge on any atom is 0.222 e. The number of halogens is 2. The molecule has 0 atom stereocenters. The van der Waals surface area contributed by atoms with Crippen molar-refractivity contribution in [2.45, 2.75) is 13.5 Å². The first-order valence-electron chi connectivity index (χ1n) is 8.61. The van der Waals surface area contributed by atoms with Crippen molar-refractivity contribution in [1.29, 1.82) is 5.26 Å². The molecule has 2 aromatic heterocycles. The molecule has 0 bridgehead atoms. The van der Waals surface area contributed by atoms with Crippen LogP contribution in [0.2, 0.25) is 0 Å². The van der Waals surface area contributed by atoms with Gasteiger partial charge < -0.3 is 16.0 Å². The van der Waals surface area contributed by atoms with Crippen molar-refractivity contribution in [3.8, 4) is 17.3 Å². The zero-order valence-electron chi connectivity index (χ0n) is 15.3. The van der Waals surface area contributed by atoms with E-state index in [1.165, 1.54) is 6.33 Å². The normalized spacial score (nSPS) is 11.0. The van der Waals surface area contributed by atoms with Crippen molar-refractivity contribution in [2.24, 2.45) is 0 Å². The number of aromatic nitrogens is 4. The molecule has 0 fully saturated rings. The number of aryl methyl sites for hydroxylation is 1. The zero-order chi connectivity index (χ0) is 20.7. The number of imidazole rings is 1. The van der Waals surface area contributed by atoms with Gasteiger partial charge in [-0.2, -0.15) is 10.2 Å². The molecule has 2 heterocycles. The fourth-order valence-electron chi connectivity index (χ4n) is 3.14. The highest BCUT2D eigenvalue weighted by Crippen LogP contribution is 2.32. The minimum Gasteiger partial charge on any atom is -0.399 e. The fraction of sp³-hybridized carbons (Fsp3) is 0.100. The largest absolute Gasteiger partial charge is 0.399 e. The quantitative estimate of drug-likeness (QED) is 0.518. The Hall–Kier alpha value is -4.06. The van der Waals surface area contributed by atoms with Gasteiger partial charge in [0.1, 0.15) is 23.1 Å². The van der Waals surface area contributed by atoms with Crippen molar-refractivity contribution < 1.29 is 8.78 Å². The molecule has 2 aromatic carbocycles. The van der Waals surface area contributed by atoms with E-state index in [0.717, 1.165) is 23.3 Å². The molecule has 0 saturated heterocycles. The van der Waals surface area contributed by atoms with Crippen LogP contribution in [0.5, 0.6) is 0 Å². The number of nitriles is 1. The summed E-state index contributed by atoms with van der Waals surface area (Å²) in [5, 5.41) is 9.06. The topological polar surface area (TPSA) is 119 Å². The molecule has 7 nitrogen and oxygen atoms in total. The Morgan fingerprint density at radius 2 is 1.93 bits per heavy atom. The Kier molecular flexibility index (Phi) is 4.31. The van der Waals surface area contributed by atoms with Crippen molar-refractivity contribution in [3.05, 3.63) is 65.0 Å². The lowest BCUT2D eigenvalue weighted by atomic mass is 10.1. The summed E-state index contributed by atoms with van der Waals surface area (Å²) in [6.07, 6.45) is 1.50. The van der Waals surface area contributed by atoms with Gasteiger partial charge in [-0.3, -0.25) is 0 Å². The first kappa shape index (κ1) is 18.3. The number of hydrogen-bond acceptors (Lipinski definition) is 6. The molecule has 0 aliphatic rings. The molecule has 0 spiro atoms. The maximum atomic E-state index is 14.7. The summed E-state index contributed by atoms with van der Waals surface area (Å²) in [4.78, 5) is 12.4. The lowest BCUT2D eigenvalue weighted by Gasteiger charge is -2.09.